The standard InChI is InChI=1S/4CN.Hg.Zn/c4*1-2;;/q4*-1;2*+2. The van der Waals surface area contributed by atoms with Gasteiger partial charge in [-0.05, 0) is 0 Å². The van der Waals surface area contributed by atoms with E-state index in [2.05, 4.69) is 0 Å². The van der Waals surface area contributed by atoms with Gasteiger partial charge in [0, 0.05) is 0 Å². The third kappa shape index (κ3) is 1380. The van der Waals surface area contributed by atoms with Gasteiger partial charge in [0.15, 0.2) is 0 Å². The second-order valence-corrected chi connectivity index (χ2v) is 0. The van der Waals surface area contributed by atoms with E-state index in [4.69, 9.17) is 47.3 Å². The zero-order chi connectivity index (χ0) is 8.00. The zero-order valence-electron chi connectivity index (χ0n) is 5.20. The smallest absolute Gasteiger partial charge is 0.512 e. The van der Waals surface area contributed by atoms with E-state index in [1.54, 1.807) is 0 Å². The minimum atomic E-state index is 0. The van der Waals surface area contributed by atoms with Crippen LogP contribution in [0.25, 0.3) is 0 Å². The Labute approximate surface area is 93.9 Å². The molecule has 0 saturated carbocycles. The first-order chi connectivity index (χ1) is 4.00. The predicted molar refractivity (Wildman–Crippen MR) is 19.9 cm³/mol. The average molecular weight is 370 g/mol. The molecular weight excluding hydrogens is 370 g/mol. The van der Waals surface area contributed by atoms with Crippen molar-refractivity contribution < 1.29 is 47.1 Å². The van der Waals surface area contributed by atoms with E-state index in [1.165, 1.54) is 0 Å². The van der Waals surface area contributed by atoms with Crippen molar-refractivity contribution >= 4 is 0 Å². The van der Waals surface area contributed by atoms with Crippen LogP contribution in [0.15, 0.2) is 0 Å². The molecule has 0 atom stereocenters. The molecule has 0 fully saturated rings. The maximum absolute atomic E-state index is 6.25. The van der Waals surface area contributed by atoms with E-state index in [9.17, 15) is 0 Å². The molecule has 0 saturated heterocycles. The van der Waals surface area contributed by atoms with Crippen LogP contribution in [-0.2, 0) is 47.1 Å². The molecule has 4 nitrogen and oxygen atoms in total. The second-order valence-electron chi connectivity index (χ2n) is 0. The molecule has 0 aliphatic rings. The average Bonchev–Trinajstić information content (AvgIpc) is 2.03. The summed E-state index contributed by atoms with van der Waals surface area (Å²) in [6.45, 7) is 19.0. The molecule has 0 radical (unpaired) electrons. The van der Waals surface area contributed by atoms with E-state index >= 15 is 0 Å². The first-order valence-electron chi connectivity index (χ1n) is 0.894. The molecule has 0 amide bonds. The normalized spacial score (nSPS) is 0.800. The van der Waals surface area contributed by atoms with Crippen LogP contribution in [0.3, 0.4) is 0 Å². The predicted octanol–water partition coefficient (Wildman–Crippen LogP) is 0.380. The van der Waals surface area contributed by atoms with Crippen LogP contribution >= 0.6 is 0 Å². The summed E-state index contributed by atoms with van der Waals surface area (Å²) >= 11 is 0. The minimum Gasteiger partial charge on any atom is -0.512 e. The van der Waals surface area contributed by atoms with Gasteiger partial charge in [-0.25, -0.2) is 0 Å². The van der Waals surface area contributed by atoms with E-state index in [-0.39, 0.29) is 47.1 Å². The Hall–Kier alpha value is -0.482. The zero-order valence-corrected chi connectivity index (χ0v) is 13.7. The molecule has 0 aromatic heterocycles. The Bertz CT molecular complexity index is 60.2. The van der Waals surface area contributed by atoms with Gasteiger partial charge in [-0.2, -0.15) is 0 Å². The molecule has 0 N–H and O–H groups in total. The van der Waals surface area contributed by atoms with Gasteiger partial charge in [0.2, 0.25) is 0 Å². The van der Waals surface area contributed by atoms with Crippen LogP contribution in [0.4, 0.5) is 0 Å². The molecule has 0 aromatic carbocycles. The van der Waals surface area contributed by atoms with Crippen LogP contribution in [-0.4, -0.2) is 0 Å². The molecule has 0 spiro atoms. The van der Waals surface area contributed by atoms with Crippen LogP contribution in [0.5, 0.6) is 0 Å². The minimum absolute atomic E-state index is 0. The van der Waals surface area contributed by atoms with Crippen LogP contribution in [0.1, 0.15) is 0 Å². The van der Waals surface area contributed by atoms with Crippen LogP contribution in [0.2, 0.25) is 0 Å². The summed E-state index contributed by atoms with van der Waals surface area (Å²) in [4.78, 5) is 0. The van der Waals surface area contributed by atoms with Gasteiger partial charge >= 0.3 is 47.1 Å². The summed E-state index contributed by atoms with van der Waals surface area (Å²) in [6, 6.07) is 0. The number of nitrogens with zero attached hydrogens (tertiary/aromatic N) is 4. The van der Waals surface area contributed by atoms with E-state index < -0.39 is 0 Å². The van der Waals surface area contributed by atoms with Gasteiger partial charge in [-0.15, -0.1) is 0 Å². The van der Waals surface area contributed by atoms with Crippen molar-refractivity contribution in [2.24, 2.45) is 0 Å². The molecule has 0 aromatic rings. The van der Waals surface area contributed by atoms with Gasteiger partial charge < -0.3 is 47.3 Å². The van der Waals surface area contributed by atoms with Gasteiger partial charge in [0.1, 0.15) is 0 Å². The van der Waals surface area contributed by atoms with Gasteiger partial charge in [-0.1, -0.05) is 0 Å². The molecule has 0 aliphatic carbocycles. The van der Waals surface area contributed by atoms with Crippen molar-refractivity contribution in [1.29, 1.82) is 21.0 Å². The molecule has 0 unspecified atom stereocenters. The third-order valence-electron chi connectivity index (χ3n) is 0. The number of hydrogen-bond acceptors (Lipinski definition) is 4. The molecule has 6 heteroatoms. The van der Waals surface area contributed by atoms with Gasteiger partial charge in [-0.3, -0.25) is 0 Å². The van der Waals surface area contributed by atoms with Crippen molar-refractivity contribution in [1.82, 2.24) is 0 Å². The Morgan fingerprint density at radius 2 is 0.500 bits per heavy atom. The summed E-state index contributed by atoms with van der Waals surface area (Å²) in [6.07, 6.45) is 0. The van der Waals surface area contributed by atoms with Crippen molar-refractivity contribution in [2.75, 3.05) is 0 Å². The summed E-state index contributed by atoms with van der Waals surface area (Å²) in [7, 11) is 0. The first kappa shape index (κ1) is 55.8. The van der Waals surface area contributed by atoms with Gasteiger partial charge in [0.25, 0.3) is 0 Å². The number of hydrogen-bond donors (Lipinski definition) is 0. The second kappa shape index (κ2) is 2080. The fourth-order valence-electron chi connectivity index (χ4n) is 0. The molecule has 0 bridgehead atoms. The first-order valence-corrected chi connectivity index (χ1v) is 0.894. The molecule has 0 aliphatic heterocycles. The summed E-state index contributed by atoms with van der Waals surface area (Å²) < 4.78 is 0. The van der Waals surface area contributed by atoms with Crippen molar-refractivity contribution in [3.05, 3.63) is 26.3 Å². The van der Waals surface area contributed by atoms with E-state index in [0.29, 0.717) is 0 Å². The Morgan fingerprint density at radius 1 is 0.500 bits per heavy atom. The van der Waals surface area contributed by atoms with E-state index in [1.807, 2.05) is 0 Å². The van der Waals surface area contributed by atoms with Crippen molar-refractivity contribution in [2.45, 2.75) is 0 Å². The molecule has 0 heterocycles. The molecule has 40 valence electrons. The van der Waals surface area contributed by atoms with Crippen LogP contribution < -0.4 is 0 Å². The van der Waals surface area contributed by atoms with Gasteiger partial charge in [0.05, 0.1) is 0 Å². The molecule has 10 heavy (non-hydrogen) atoms. The maximum Gasteiger partial charge on any atom is 2.00 e. The summed E-state index contributed by atoms with van der Waals surface area (Å²) in [5.41, 5.74) is 0. The Morgan fingerprint density at radius 3 is 0.500 bits per heavy atom. The van der Waals surface area contributed by atoms with E-state index in [0.717, 1.165) is 0 Å². The van der Waals surface area contributed by atoms with Crippen molar-refractivity contribution in [3.8, 4) is 0 Å². The Kier molecular flexibility index (Phi) is 11600. The topological polar surface area (TPSA) is 95.2 Å². The summed E-state index contributed by atoms with van der Waals surface area (Å²) in [5, 5.41) is 25.0. The number of rotatable bonds is 0. The Balaban J connectivity index is -0.00000000500. The van der Waals surface area contributed by atoms with Crippen LogP contribution in [0, 0.1) is 47.3 Å². The summed E-state index contributed by atoms with van der Waals surface area (Å²) in [5.74, 6) is 0. The third-order valence-corrected chi connectivity index (χ3v) is 0. The SMILES string of the molecule is [C-]#N.[C-]#N.[C-]#N.[C-]#N.[Hg+2].[Zn+2]. The fraction of sp³-hybridized carbons (Fsp3) is 0. The molecule has 0 rings (SSSR count). The largest absolute Gasteiger partial charge is 2.00 e. The maximum atomic E-state index is 6.25. The van der Waals surface area contributed by atoms with Crippen molar-refractivity contribution in [3.63, 3.8) is 0 Å². The monoisotopic (exact) mass is 370 g/mol. The molecular formula is C4HgN4Zn. The fourth-order valence-corrected chi connectivity index (χ4v) is 0. The quantitative estimate of drug-likeness (QED) is 0.455.